The van der Waals surface area contributed by atoms with Crippen molar-refractivity contribution in [3.8, 4) is 6.07 Å². The molecule has 2 heterocycles. The Labute approximate surface area is 162 Å². The van der Waals surface area contributed by atoms with Gasteiger partial charge < -0.3 is 9.80 Å². The Balaban J connectivity index is 1.57. The Morgan fingerprint density at radius 2 is 1.96 bits per heavy atom. The number of rotatable bonds is 5. The second-order valence-corrected chi connectivity index (χ2v) is 7.61. The monoisotopic (exact) mass is 369 g/mol. The van der Waals surface area contributed by atoms with E-state index in [2.05, 4.69) is 39.6 Å². The molecule has 1 amide bonds. The normalized spacial score (nSPS) is 20.1. The number of carbonyl (C=O) groups is 1. The number of aromatic nitrogens is 1. The molecule has 3 rings (SSSR count). The van der Waals surface area contributed by atoms with Gasteiger partial charge in [0.2, 0.25) is 5.91 Å². The van der Waals surface area contributed by atoms with Crippen molar-refractivity contribution in [3.63, 3.8) is 0 Å². The standard InChI is InChI=1S/C21H31N5O/c1-3-26(19-9-5-4-6-10-19)21(27)17(2)24-12-14-25(15-13-24)20-11-7-8-18(16-22)23-20/h7-8,11,17,19H,3-6,9-10,12-15H2,1-2H3. The molecule has 1 saturated heterocycles. The number of anilines is 1. The number of pyridine rings is 1. The molecule has 146 valence electrons. The van der Waals surface area contributed by atoms with Crippen LogP contribution in [0.15, 0.2) is 18.2 Å². The topological polar surface area (TPSA) is 63.5 Å². The molecule has 27 heavy (non-hydrogen) atoms. The Kier molecular flexibility index (Phi) is 6.68. The number of hydrogen-bond donors (Lipinski definition) is 0. The van der Waals surface area contributed by atoms with Crippen LogP contribution in [-0.4, -0.2) is 65.5 Å². The Hall–Kier alpha value is -2.13. The summed E-state index contributed by atoms with van der Waals surface area (Å²) in [7, 11) is 0. The van der Waals surface area contributed by atoms with Gasteiger partial charge in [0.15, 0.2) is 0 Å². The van der Waals surface area contributed by atoms with Crippen molar-refractivity contribution in [2.75, 3.05) is 37.6 Å². The van der Waals surface area contributed by atoms with Gasteiger partial charge in [0, 0.05) is 38.8 Å². The summed E-state index contributed by atoms with van der Waals surface area (Å²) in [6, 6.07) is 8.01. The summed E-state index contributed by atoms with van der Waals surface area (Å²) in [6.45, 7) is 8.30. The molecule has 0 bridgehead atoms. The summed E-state index contributed by atoms with van der Waals surface area (Å²) >= 11 is 0. The van der Waals surface area contributed by atoms with E-state index in [-0.39, 0.29) is 11.9 Å². The van der Waals surface area contributed by atoms with Crippen LogP contribution in [0, 0.1) is 11.3 Å². The zero-order chi connectivity index (χ0) is 19.2. The van der Waals surface area contributed by atoms with Gasteiger partial charge in [-0.3, -0.25) is 9.69 Å². The fraction of sp³-hybridized carbons (Fsp3) is 0.667. The minimum atomic E-state index is -0.0765. The third-order valence-corrected chi connectivity index (χ3v) is 6.03. The molecule has 2 aliphatic rings. The summed E-state index contributed by atoms with van der Waals surface area (Å²) < 4.78 is 0. The highest BCUT2D eigenvalue weighted by Gasteiger charge is 2.32. The van der Waals surface area contributed by atoms with Gasteiger partial charge in [0.05, 0.1) is 6.04 Å². The largest absolute Gasteiger partial charge is 0.354 e. The van der Waals surface area contributed by atoms with E-state index in [0.29, 0.717) is 11.7 Å². The van der Waals surface area contributed by atoms with E-state index in [4.69, 9.17) is 5.26 Å². The van der Waals surface area contributed by atoms with Crippen LogP contribution in [-0.2, 0) is 4.79 Å². The first kappa shape index (κ1) is 19.6. The number of piperazine rings is 1. The van der Waals surface area contributed by atoms with E-state index in [1.54, 1.807) is 6.07 Å². The fourth-order valence-corrected chi connectivity index (χ4v) is 4.38. The maximum atomic E-state index is 13.1. The predicted octanol–water partition coefficient (Wildman–Crippen LogP) is 2.64. The Morgan fingerprint density at radius 3 is 2.59 bits per heavy atom. The number of hydrogen-bond acceptors (Lipinski definition) is 5. The van der Waals surface area contributed by atoms with Gasteiger partial charge in [-0.2, -0.15) is 5.26 Å². The molecule has 0 aromatic carbocycles. The van der Waals surface area contributed by atoms with E-state index in [0.717, 1.165) is 51.4 Å². The molecule has 1 aromatic rings. The van der Waals surface area contributed by atoms with Gasteiger partial charge in [0.1, 0.15) is 17.6 Å². The van der Waals surface area contributed by atoms with Crippen LogP contribution in [0.5, 0.6) is 0 Å². The van der Waals surface area contributed by atoms with Crippen LogP contribution in [0.4, 0.5) is 5.82 Å². The molecule has 1 aliphatic carbocycles. The lowest BCUT2D eigenvalue weighted by Gasteiger charge is -2.41. The molecule has 2 fully saturated rings. The first-order valence-corrected chi connectivity index (χ1v) is 10.3. The first-order chi connectivity index (χ1) is 13.1. The third-order valence-electron chi connectivity index (χ3n) is 6.03. The van der Waals surface area contributed by atoms with Crippen molar-refractivity contribution >= 4 is 11.7 Å². The second kappa shape index (κ2) is 9.18. The molecule has 0 radical (unpaired) electrons. The minimum Gasteiger partial charge on any atom is -0.354 e. The zero-order valence-electron chi connectivity index (χ0n) is 16.6. The van der Waals surface area contributed by atoms with Crippen LogP contribution in [0.1, 0.15) is 51.6 Å². The Morgan fingerprint density at radius 1 is 1.26 bits per heavy atom. The SMILES string of the molecule is CCN(C(=O)C(C)N1CCN(c2cccc(C#N)n2)CC1)C1CCCCC1. The maximum absolute atomic E-state index is 13.1. The summed E-state index contributed by atoms with van der Waals surface area (Å²) in [5.74, 6) is 1.13. The molecule has 1 atom stereocenters. The summed E-state index contributed by atoms with van der Waals surface area (Å²) in [5.41, 5.74) is 0.449. The van der Waals surface area contributed by atoms with Crippen LogP contribution < -0.4 is 4.90 Å². The molecule has 1 aromatic heterocycles. The average Bonchev–Trinajstić information content (AvgIpc) is 2.74. The molecular formula is C21H31N5O. The van der Waals surface area contributed by atoms with Crippen LogP contribution in [0.3, 0.4) is 0 Å². The number of nitrogens with zero attached hydrogens (tertiary/aromatic N) is 5. The number of carbonyl (C=O) groups excluding carboxylic acids is 1. The van der Waals surface area contributed by atoms with Crippen molar-refractivity contribution in [2.45, 2.75) is 58.0 Å². The van der Waals surface area contributed by atoms with Gasteiger partial charge in [-0.15, -0.1) is 0 Å². The highest BCUT2D eigenvalue weighted by molar-refractivity contribution is 5.81. The lowest BCUT2D eigenvalue weighted by molar-refractivity contribution is -0.139. The van der Waals surface area contributed by atoms with Gasteiger partial charge in [-0.25, -0.2) is 4.98 Å². The minimum absolute atomic E-state index is 0.0765. The predicted molar refractivity (Wildman–Crippen MR) is 106 cm³/mol. The van der Waals surface area contributed by atoms with Crippen molar-refractivity contribution < 1.29 is 4.79 Å². The van der Waals surface area contributed by atoms with Crippen molar-refractivity contribution in [2.24, 2.45) is 0 Å². The molecule has 1 saturated carbocycles. The van der Waals surface area contributed by atoms with E-state index in [1.165, 1.54) is 19.3 Å². The number of amides is 1. The second-order valence-electron chi connectivity index (χ2n) is 7.61. The van der Waals surface area contributed by atoms with E-state index < -0.39 is 0 Å². The lowest BCUT2D eigenvalue weighted by Crippen LogP contribution is -2.56. The maximum Gasteiger partial charge on any atom is 0.239 e. The molecule has 1 aliphatic heterocycles. The highest BCUT2D eigenvalue weighted by Crippen LogP contribution is 2.24. The summed E-state index contributed by atoms with van der Waals surface area (Å²) in [4.78, 5) is 24.1. The smallest absolute Gasteiger partial charge is 0.239 e. The average molecular weight is 370 g/mol. The van der Waals surface area contributed by atoms with Crippen molar-refractivity contribution in [3.05, 3.63) is 23.9 Å². The fourth-order valence-electron chi connectivity index (χ4n) is 4.38. The van der Waals surface area contributed by atoms with Crippen LogP contribution >= 0.6 is 0 Å². The van der Waals surface area contributed by atoms with Gasteiger partial charge in [-0.05, 0) is 38.8 Å². The molecular weight excluding hydrogens is 338 g/mol. The lowest BCUT2D eigenvalue weighted by atomic mass is 9.93. The molecule has 0 spiro atoms. The summed E-state index contributed by atoms with van der Waals surface area (Å²) in [5, 5.41) is 9.04. The third kappa shape index (κ3) is 4.59. The highest BCUT2D eigenvalue weighted by atomic mass is 16.2. The van der Waals surface area contributed by atoms with Crippen molar-refractivity contribution in [1.82, 2.24) is 14.8 Å². The van der Waals surface area contributed by atoms with Gasteiger partial charge >= 0.3 is 0 Å². The quantitative estimate of drug-likeness (QED) is 0.798. The first-order valence-electron chi connectivity index (χ1n) is 10.3. The van der Waals surface area contributed by atoms with E-state index in [1.807, 2.05) is 12.1 Å². The van der Waals surface area contributed by atoms with Crippen LogP contribution in [0.2, 0.25) is 0 Å². The number of nitriles is 1. The zero-order valence-corrected chi connectivity index (χ0v) is 16.6. The molecule has 0 N–H and O–H groups in total. The van der Waals surface area contributed by atoms with E-state index >= 15 is 0 Å². The molecule has 6 nitrogen and oxygen atoms in total. The molecule has 6 heteroatoms. The van der Waals surface area contributed by atoms with Crippen LogP contribution in [0.25, 0.3) is 0 Å². The Bertz CT molecular complexity index is 671. The van der Waals surface area contributed by atoms with Gasteiger partial charge in [-0.1, -0.05) is 25.3 Å². The van der Waals surface area contributed by atoms with E-state index in [9.17, 15) is 4.79 Å². The summed E-state index contributed by atoms with van der Waals surface area (Å²) in [6.07, 6.45) is 6.11. The number of likely N-dealkylation sites (N-methyl/N-ethyl adjacent to an activating group) is 1. The van der Waals surface area contributed by atoms with Gasteiger partial charge in [0.25, 0.3) is 0 Å². The van der Waals surface area contributed by atoms with Crippen molar-refractivity contribution in [1.29, 1.82) is 5.26 Å². The molecule has 1 unspecified atom stereocenters.